The quantitative estimate of drug-likeness (QED) is 0.889. The third kappa shape index (κ3) is 1.71. The molecule has 6 heteroatoms. The van der Waals surface area contributed by atoms with Gasteiger partial charge < -0.3 is 9.63 Å². The van der Waals surface area contributed by atoms with E-state index >= 15 is 0 Å². The van der Waals surface area contributed by atoms with Crippen molar-refractivity contribution in [2.75, 3.05) is 0 Å². The smallest absolute Gasteiger partial charge is 0.341 e. The topological polar surface area (TPSA) is 76.2 Å². The van der Waals surface area contributed by atoms with E-state index < -0.39 is 5.97 Å². The highest BCUT2D eigenvalue weighted by molar-refractivity contribution is 7.13. The predicted octanol–water partition coefficient (Wildman–Crippen LogP) is 2.62. The second-order valence-corrected chi connectivity index (χ2v) is 4.46. The number of aromatic carboxylic acids is 1. The van der Waals surface area contributed by atoms with E-state index in [1.807, 2.05) is 13.8 Å². The molecule has 0 aliphatic carbocycles. The fraction of sp³-hybridized carbons (Fsp3) is 0.300. The zero-order chi connectivity index (χ0) is 11.7. The van der Waals surface area contributed by atoms with Gasteiger partial charge in [0.2, 0.25) is 0 Å². The molecule has 0 fully saturated rings. The van der Waals surface area contributed by atoms with E-state index in [0.29, 0.717) is 16.5 Å². The van der Waals surface area contributed by atoms with Gasteiger partial charge in [0, 0.05) is 17.5 Å². The van der Waals surface area contributed by atoms with Crippen molar-refractivity contribution in [2.45, 2.75) is 19.8 Å². The van der Waals surface area contributed by atoms with E-state index in [2.05, 4.69) is 10.1 Å². The highest BCUT2D eigenvalue weighted by Gasteiger charge is 2.26. The maximum Gasteiger partial charge on any atom is 0.341 e. The number of carbonyl (C=O) groups is 1. The number of rotatable bonds is 3. The lowest BCUT2D eigenvalue weighted by atomic mass is 10.1. The summed E-state index contributed by atoms with van der Waals surface area (Å²) in [5.41, 5.74) is 0.427. The van der Waals surface area contributed by atoms with Crippen molar-refractivity contribution in [1.29, 1.82) is 0 Å². The molecule has 2 heterocycles. The van der Waals surface area contributed by atoms with E-state index in [0.717, 1.165) is 0 Å². The first-order valence-electron chi connectivity index (χ1n) is 4.74. The van der Waals surface area contributed by atoms with Gasteiger partial charge in [-0.2, -0.15) is 0 Å². The molecule has 16 heavy (non-hydrogen) atoms. The first-order valence-corrected chi connectivity index (χ1v) is 5.62. The lowest BCUT2D eigenvalue weighted by Gasteiger charge is -1.99. The van der Waals surface area contributed by atoms with Gasteiger partial charge in [0.1, 0.15) is 10.6 Å². The minimum atomic E-state index is -1.03. The number of nitrogens with zero attached hydrogens (tertiary/aromatic N) is 2. The van der Waals surface area contributed by atoms with Crippen LogP contribution < -0.4 is 0 Å². The average molecular weight is 238 g/mol. The maximum atomic E-state index is 11.2. The van der Waals surface area contributed by atoms with Crippen molar-refractivity contribution in [3.63, 3.8) is 0 Å². The summed E-state index contributed by atoms with van der Waals surface area (Å²) in [7, 11) is 0. The van der Waals surface area contributed by atoms with Crippen molar-refractivity contribution >= 4 is 17.3 Å². The maximum absolute atomic E-state index is 11.2. The van der Waals surface area contributed by atoms with Gasteiger partial charge in [0.15, 0.2) is 11.5 Å². The molecule has 1 N–H and O–H groups in total. The molecular weight excluding hydrogens is 228 g/mol. The lowest BCUT2D eigenvalue weighted by Crippen LogP contribution is -2.02. The number of hydrogen-bond acceptors (Lipinski definition) is 5. The summed E-state index contributed by atoms with van der Waals surface area (Å²) >= 11 is 1.34. The van der Waals surface area contributed by atoms with Gasteiger partial charge in [-0.1, -0.05) is 19.0 Å². The Morgan fingerprint density at radius 2 is 2.31 bits per heavy atom. The molecule has 0 aliphatic heterocycles. The number of thiazole rings is 1. The van der Waals surface area contributed by atoms with Crippen LogP contribution in [0.2, 0.25) is 0 Å². The van der Waals surface area contributed by atoms with Crippen LogP contribution in [0.3, 0.4) is 0 Å². The van der Waals surface area contributed by atoms with Gasteiger partial charge in [-0.05, 0) is 0 Å². The molecule has 0 atom stereocenters. The molecule has 0 aliphatic rings. The molecule has 84 valence electrons. The van der Waals surface area contributed by atoms with Crippen molar-refractivity contribution in [3.05, 3.63) is 22.9 Å². The van der Waals surface area contributed by atoms with Crippen LogP contribution >= 0.6 is 11.3 Å². The van der Waals surface area contributed by atoms with E-state index in [4.69, 9.17) is 9.63 Å². The third-order valence-electron chi connectivity index (χ3n) is 2.09. The van der Waals surface area contributed by atoms with Crippen LogP contribution in [0.4, 0.5) is 0 Å². The normalized spacial score (nSPS) is 10.9. The van der Waals surface area contributed by atoms with Crippen LogP contribution in [-0.2, 0) is 0 Å². The minimum Gasteiger partial charge on any atom is -0.477 e. The average Bonchev–Trinajstić information content (AvgIpc) is 2.85. The molecule has 0 aromatic carbocycles. The Labute approximate surface area is 95.7 Å². The van der Waals surface area contributed by atoms with Crippen LogP contribution in [0, 0.1) is 0 Å². The van der Waals surface area contributed by atoms with E-state index in [-0.39, 0.29) is 11.5 Å². The largest absolute Gasteiger partial charge is 0.477 e. The molecule has 0 saturated heterocycles. The summed E-state index contributed by atoms with van der Waals surface area (Å²) in [4.78, 5) is 15.2. The number of aromatic nitrogens is 2. The van der Waals surface area contributed by atoms with Gasteiger partial charge in [-0.3, -0.25) is 0 Å². The third-order valence-corrected chi connectivity index (χ3v) is 2.87. The summed E-state index contributed by atoms with van der Waals surface area (Å²) in [5.74, 6) is -0.667. The van der Waals surface area contributed by atoms with Crippen LogP contribution in [0.1, 0.15) is 35.9 Å². The van der Waals surface area contributed by atoms with Crippen LogP contribution in [0.5, 0.6) is 0 Å². The molecule has 0 saturated carbocycles. The first kappa shape index (κ1) is 10.8. The van der Waals surface area contributed by atoms with Crippen molar-refractivity contribution in [1.82, 2.24) is 10.1 Å². The van der Waals surface area contributed by atoms with Crippen molar-refractivity contribution < 1.29 is 14.4 Å². The van der Waals surface area contributed by atoms with Crippen LogP contribution in [-0.4, -0.2) is 21.2 Å². The second-order valence-electron chi connectivity index (χ2n) is 3.57. The lowest BCUT2D eigenvalue weighted by molar-refractivity contribution is 0.0694. The highest BCUT2D eigenvalue weighted by atomic mass is 32.1. The van der Waals surface area contributed by atoms with Crippen LogP contribution in [0.15, 0.2) is 16.1 Å². The molecule has 0 unspecified atom stereocenters. The van der Waals surface area contributed by atoms with E-state index in [1.165, 1.54) is 11.3 Å². The van der Waals surface area contributed by atoms with Gasteiger partial charge in [-0.15, -0.1) is 11.3 Å². The molecule has 0 amide bonds. The zero-order valence-corrected chi connectivity index (χ0v) is 9.61. The Bertz CT molecular complexity index is 502. The van der Waals surface area contributed by atoms with Gasteiger partial charge >= 0.3 is 5.97 Å². The van der Waals surface area contributed by atoms with Crippen LogP contribution in [0.25, 0.3) is 10.7 Å². The molecule has 0 radical (unpaired) electrons. The van der Waals surface area contributed by atoms with E-state index in [9.17, 15) is 4.79 Å². The number of carboxylic acids is 1. The Kier molecular flexibility index (Phi) is 2.74. The number of hydrogen-bond donors (Lipinski definition) is 1. The minimum absolute atomic E-state index is 0.0210. The SMILES string of the molecule is CC(C)c1onc(-c2nccs2)c1C(=O)O. The molecule has 2 rings (SSSR count). The second kappa shape index (κ2) is 4.05. The van der Waals surface area contributed by atoms with Crippen molar-refractivity contribution in [2.24, 2.45) is 0 Å². The Balaban J connectivity index is 2.59. The van der Waals surface area contributed by atoms with Crippen molar-refractivity contribution in [3.8, 4) is 10.7 Å². The molecule has 2 aromatic heterocycles. The Hall–Kier alpha value is -1.69. The summed E-state index contributed by atoms with van der Waals surface area (Å²) in [6.07, 6.45) is 1.61. The summed E-state index contributed by atoms with van der Waals surface area (Å²) in [6.45, 7) is 3.72. The molecular formula is C10H10N2O3S. The summed E-state index contributed by atoms with van der Waals surface area (Å²) < 4.78 is 5.08. The summed E-state index contributed by atoms with van der Waals surface area (Å²) in [6, 6.07) is 0. The monoisotopic (exact) mass is 238 g/mol. The standard InChI is InChI=1S/C10H10N2O3S/c1-5(2)8-6(10(13)14)7(12-15-8)9-11-3-4-16-9/h3-5H,1-2H3,(H,13,14). The Morgan fingerprint density at radius 1 is 1.56 bits per heavy atom. The van der Waals surface area contributed by atoms with E-state index in [1.54, 1.807) is 11.6 Å². The molecule has 0 bridgehead atoms. The highest BCUT2D eigenvalue weighted by Crippen LogP contribution is 2.30. The number of carboxylic acid groups (broad SMARTS) is 1. The molecule has 0 spiro atoms. The van der Waals surface area contributed by atoms with Gasteiger partial charge in [0.25, 0.3) is 0 Å². The predicted molar refractivity (Wildman–Crippen MR) is 58.7 cm³/mol. The summed E-state index contributed by atoms with van der Waals surface area (Å²) in [5, 5.41) is 15.3. The fourth-order valence-electron chi connectivity index (χ4n) is 1.39. The van der Waals surface area contributed by atoms with Gasteiger partial charge in [0.05, 0.1) is 0 Å². The molecule has 5 nitrogen and oxygen atoms in total. The Morgan fingerprint density at radius 3 is 2.81 bits per heavy atom. The fourth-order valence-corrected chi connectivity index (χ4v) is 2.01. The van der Waals surface area contributed by atoms with Gasteiger partial charge in [-0.25, -0.2) is 9.78 Å². The molecule has 2 aromatic rings. The zero-order valence-electron chi connectivity index (χ0n) is 8.80. The first-order chi connectivity index (χ1) is 7.61.